The van der Waals surface area contributed by atoms with E-state index in [0.29, 0.717) is 31.1 Å². The SMILES string of the molecule is CNCc1ccc(F)cc1S(=O)(=O)N1CCC(C)CC1. The fourth-order valence-corrected chi connectivity index (χ4v) is 4.17. The molecule has 0 bridgehead atoms. The number of sulfonamides is 1. The third-order valence-corrected chi connectivity index (χ3v) is 5.74. The van der Waals surface area contributed by atoms with E-state index >= 15 is 0 Å². The lowest BCUT2D eigenvalue weighted by Crippen LogP contribution is -2.38. The average molecular weight is 300 g/mol. The van der Waals surface area contributed by atoms with Gasteiger partial charge in [0.05, 0.1) is 4.90 Å². The van der Waals surface area contributed by atoms with Crippen LogP contribution in [-0.4, -0.2) is 32.9 Å². The van der Waals surface area contributed by atoms with Crippen LogP contribution in [0.25, 0.3) is 0 Å². The lowest BCUT2D eigenvalue weighted by atomic mass is 10.0. The van der Waals surface area contributed by atoms with Crippen LogP contribution in [0.3, 0.4) is 0 Å². The highest BCUT2D eigenvalue weighted by Gasteiger charge is 2.30. The molecular formula is C14H21FN2O2S. The molecule has 0 spiro atoms. The molecule has 1 aromatic carbocycles. The molecule has 1 aliphatic rings. The van der Waals surface area contributed by atoms with Gasteiger partial charge in [-0.05, 0) is 43.5 Å². The van der Waals surface area contributed by atoms with E-state index < -0.39 is 15.8 Å². The van der Waals surface area contributed by atoms with Gasteiger partial charge in [0.25, 0.3) is 0 Å². The fraction of sp³-hybridized carbons (Fsp3) is 0.571. The molecule has 0 amide bonds. The molecule has 1 N–H and O–H groups in total. The smallest absolute Gasteiger partial charge is 0.243 e. The van der Waals surface area contributed by atoms with Gasteiger partial charge >= 0.3 is 0 Å². The van der Waals surface area contributed by atoms with Gasteiger partial charge in [-0.2, -0.15) is 4.31 Å². The highest BCUT2D eigenvalue weighted by molar-refractivity contribution is 7.89. The molecule has 1 heterocycles. The lowest BCUT2D eigenvalue weighted by molar-refractivity contribution is 0.287. The van der Waals surface area contributed by atoms with Gasteiger partial charge in [0.15, 0.2) is 0 Å². The number of hydrogen-bond acceptors (Lipinski definition) is 3. The molecule has 4 nitrogen and oxygen atoms in total. The summed E-state index contributed by atoms with van der Waals surface area (Å²) in [5.74, 6) is 0.0274. The highest BCUT2D eigenvalue weighted by atomic mass is 32.2. The second kappa shape index (κ2) is 6.20. The number of nitrogens with one attached hydrogen (secondary N) is 1. The Bertz CT molecular complexity index is 567. The monoisotopic (exact) mass is 300 g/mol. The quantitative estimate of drug-likeness (QED) is 0.925. The zero-order valence-corrected chi connectivity index (χ0v) is 12.7. The Morgan fingerprint density at radius 3 is 2.60 bits per heavy atom. The van der Waals surface area contributed by atoms with E-state index in [2.05, 4.69) is 12.2 Å². The number of nitrogens with zero attached hydrogens (tertiary/aromatic N) is 1. The van der Waals surface area contributed by atoms with Gasteiger partial charge in [0.1, 0.15) is 5.82 Å². The largest absolute Gasteiger partial charge is 0.316 e. The molecule has 1 aliphatic heterocycles. The molecule has 0 saturated carbocycles. The summed E-state index contributed by atoms with van der Waals surface area (Å²) in [6.07, 6.45) is 1.71. The van der Waals surface area contributed by atoms with Crippen molar-refractivity contribution < 1.29 is 12.8 Å². The number of halogens is 1. The van der Waals surface area contributed by atoms with Crippen LogP contribution in [0.4, 0.5) is 4.39 Å². The van der Waals surface area contributed by atoms with Crippen molar-refractivity contribution in [3.8, 4) is 0 Å². The van der Waals surface area contributed by atoms with Gasteiger partial charge in [-0.3, -0.25) is 0 Å². The van der Waals surface area contributed by atoms with Crippen molar-refractivity contribution >= 4 is 10.0 Å². The summed E-state index contributed by atoms with van der Waals surface area (Å²) in [6, 6.07) is 3.95. The van der Waals surface area contributed by atoms with Gasteiger partial charge in [-0.25, -0.2) is 12.8 Å². The van der Waals surface area contributed by atoms with Crippen molar-refractivity contribution in [1.82, 2.24) is 9.62 Å². The Kier molecular flexibility index (Phi) is 4.78. The Morgan fingerprint density at radius 1 is 1.35 bits per heavy atom. The number of benzene rings is 1. The molecule has 1 fully saturated rings. The second-order valence-electron chi connectivity index (χ2n) is 5.37. The topological polar surface area (TPSA) is 49.4 Å². The van der Waals surface area contributed by atoms with Crippen molar-refractivity contribution in [3.05, 3.63) is 29.6 Å². The molecule has 112 valence electrons. The zero-order chi connectivity index (χ0) is 14.8. The first-order valence-corrected chi connectivity index (χ1v) is 8.32. The molecule has 6 heteroatoms. The van der Waals surface area contributed by atoms with Gasteiger partial charge < -0.3 is 5.32 Å². The van der Waals surface area contributed by atoms with Crippen molar-refractivity contribution in [1.29, 1.82) is 0 Å². The lowest BCUT2D eigenvalue weighted by Gasteiger charge is -2.30. The molecule has 0 atom stereocenters. The molecular weight excluding hydrogens is 279 g/mol. The standard InChI is InChI=1S/C14H21FN2O2S/c1-11-5-7-17(8-6-11)20(18,19)14-9-13(15)4-3-12(14)10-16-2/h3-4,9,11,16H,5-8,10H2,1-2H3. The van der Waals surface area contributed by atoms with Gasteiger partial charge in [-0.1, -0.05) is 13.0 Å². The van der Waals surface area contributed by atoms with Crippen molar-refractivity contribution in [2.45, 2.75) is 31.2 Å². The van der Waals surface area contributed by atoms with E-state index in [1.165, 1.54) is 16.4 Å². The molecule has 0 unspecified atom stereocenters. The fourth-order valence-electron chi connectivity index (χ4n) is 2.47. The first kappa shape index (κ1) is 15.4. The van der Waals surface area contributed by atoms with E-state index in [4.69, 9.17) is 0 Å². The second-order valence-corrected chi connectivity index (χ2v) is 7.28. The Morgan fingerprint density at radius 2 is 2.00 bits per heavy atom. The Labute approximate surface area is 120 Å². The Hall–Kier alpha value is -0.980. The minimum absolute atomic E-state index is 0.0846. The summed E-state index contributed by atoms with van der Waals surface area (Å²) >= 11 is 0. The molecule has 1 aromatic rings. The molecule has 0 radical (unpaired) electrons. The van der Waals surface area contributed by atoms with Crippen LogP contribution in [-0.2, 0) is 16.6 Å². The first-order chi connectivity index (χ1) is 9.45. The molecule has 20 heavy (non-hydrogen) atoms. The van der Waals surface area contributed by atoms with E-state index in [-0.39, 0.29) is 4.90 Å². The van der Waals surface area contributed by atoms with Crippen LogP contribution >= 0.6 is 0 Å². The molecule has 0 aliphatic carbocycles. The summed E-state index contributed by atoms with van der Waals surface area (Å²) in [6.45, 7) is 3.55. The van der Waals surface area contributed by atoms with Gasteiger partial charge in [0, 0.05) is 19.6 Å². The number of hydrogen-bond donors (Lipinski definition) is 1. The van der Waals surface area contributed by atoms with Crippen molar-refractivity contribution in [2.24, 2.45) is 5.92 Å². The van der Waals surface area contributed by atoms with Gasteiger partial charge in [0.2, 0.25) is 10.0 Å². The normalized spacial score (nSPS) is 18.4. The molecule has 1 saturated heterocycles. The third-order valence-electron chi connectivity index (χ3n) is 3.76. The van der Waals surface area contributed by atoms with Crippen molar-refractivity contribution in [3.63, 3.8) is 0 Å². The van der Waals surface area contributed by atoms with Crippen LogP contribution in [0.2, 0.25) is 0 Å². The first-order valence-electron chi connectivity index (χ1n) is 6.88. The summed E-state index contributed by atoms with van der Waals surface area (Å²) in [7, 11) is -1.87. The van der Waals surface area contributed by atoms with E-state index in [9.17, 15) is 12.8 Å². The summed E-state index contributed by atoms with van der Waals surface area (Å²) < 4.78 is 40.3. The van der Waals surface area contributed by atoms with Crippen LogP contribution < -0.4 is 5.32 Å². The van der Waals surface area contributed by atoms with E-state index in [1.54, 1.807) is 7.05 Å². The maximum atomic E-state index is 13.4. The van der Waals surface area contributed by atoms with Crippen LogP contribution in [0.15, 0.2) is 23.1 Å². The minimum Gasteiger partial charge on any atom is -0.316 e. The maximum absolute atomic E-state index is 13.4. The van der Waals surface area contributed by atoms with Crippen LogP contribution in [0.5, 0.6) is 0 Å². The predicted octanol–water partition coefficient (Wildman–Crippen LogP) is 1.97. The summed E-state index contributed by atoms with van der Waals surface area (Å²) in [4.78, 5) is 0.0846. The van der Waals surface area contributed by atoms with Crippen molar-refractivity contribution in [2.75, 3.05) is 20.1 Å². The summed E-state index contributed by atoms with van der Waals surface area (Å²) in [5.41, 5.74) is 0.604. The molecule has 0 aromatic heterocycles. The molecule has 2 rings (SSSR count). The van der Waals surface area contributed by atoms with Gasteiger partial charge in [-0.15, -0.1) is 0 Å². The zero-order valence-electron chi connectivity index (χ0n) is 11.9. The van der Waals surface area contributed by atoms with Crippen LogP contribution in [0.1, 0.15) is 25.3 Å². The number of piperidine rings is 1. The average Bonchev–Trinajstić information content (AvgIpc) is 2.41. The van der Waals surface area contributed by atoms with Crippen LogP contribution in [0, 0.1) is 11.7 Å². The number of rotatable bonds is 4. The Balaban J connectivity index is 2.35. The minimum atomic E-state index is -3.61. The third kappa shape index (κ3) is 3.19. The summed E-state index contributed by atoms with van der Waals surface area (Å²) in [5, 5.41) is 2.92. The highest BCUT2D eigenvalue weighted by Crippen LogP contribution is 2.26. The van der Waals surface area contributed by atoms with E-state index in [0.717, 1.165) is 18.9 Å². The predicted molar refractivity (Wildman–Crippen MR) is 76.3 cm³/mol. The maximum Gasteiger partial charge on any atom is 0.243 e. The van der Waals surface area contributed by atoms with E-state index in [1.807, 2.05) is 0 Å².